The van der Waals surface area contributed by atoms with Crippen molar-refractivity contribution in [3.8, 4) is 5.75 Å². The Hall–Kier alpha value is -1.13. The summed E-state index contributed by atoms with van der Waals surface area (Å²) in [5, 5.41) is 3.38. The fourth-order valence-corrected chi connectivity index (χ4v) is 2.06. The van der Waals surface area contributed by atoms with Crippen molar-refractivity contribution in [2.75, 3.05) is 19.8 Å². The van der Waals surface area contributed by atoms with E-state index in [0.29, 0.717) is 5.92 Å². The quantitative estimate of drug-likeness (QED) is 0.856. The third-order valence-electron chi connectivity index (χ3n) is 3.13. The van der Waals surface area contributed by atoms with Gasteiger partial charge in [0.15, 0.2) is 0 Å². The predicted molar refractivity (Wildman–Crippen MR) is 75.3 cm³/mol. The first-order chi connectivity index (χ1) is 9.24. The standard InChI is InChI=1S/C15H24N2O2/c1-12(2)9-16-10-13-3-4-15(11-17-13)19-14-5-7-18-8-6-14/h3-4,11-12,14,16H,5-10H2,1-2H3. The number of rotatable bonds is 6. The monoisotopic (exact) mass is 264 g/mol. The summed E-state index contributed by atoms with van der Waals surface area (Å²) in [5.41, 5.74) is 1.06. The van der Waals surface area contributed by atoms with E-state index in [4.69, 9.17) is 9.47 Å². The van der Waals surface area contributed by atoms with E-state index in [1.54, 1.807) is 0 Å². The van der Waals surface area contributed by atoms with Crippen LogP contribution in [0.25, 0.3) is 0 Å². The minimum Gasteiger partial charge on any atom is -0.489 e. The molecule has 1 saturated heterocycles. The summed E-state index contributed by atoms with van der Waals surface area (Å²) < 4.78 is 11.2. The van der Waals surface area contributed by atoms with Crippen LogP contribution >= 0.6 is 0 Å². The highest BCUT2D eigenvalue weighted by Gasteiger charge is 2.15. The molecule has 0 unspecified atom stereocenters. The lowest BCUT2D eigenvalue weighted by Crippen LogP contribution is -2.26. The van der Waals surface area contributed by atoms with Gasteiger partial charge < -0.3 is 14.8 Å². The number of pyridine rings is 1. The molecule has 2 rings (SSSR count). The molecule has 0 saturated carbocycles. The summed E-state index contributed by atoms with van der Waals surface area (Å²) >= 11 is 0. The molecule has 0 spiro atoms. The molecule has 1 aromatic rings. The second-order valence-corrected chi connectivity index (χ2v) is 5.44. The van der Waals surface area contributed by atoms with Gasteiger partial charge in [-0.05, 0) is 24.6 Å². The molecular formula is C15H24N2O2. The topological polar surface area (TPSA) is 43.4 Å². The molecule has 0 radical (unpaired) electrons. The Kier molecular flexibility index (Phi) is 5.61. The van der Waals surface area contributed by atoms with Gasteiger partial charge in [-0.1, -0.05) is 13.8 Å². The zero-order chi connectivity index (χ0) is 13.5. The summed E-state index contributed by atoms with van der Waals surface area (Å²) in [6.07, 6.45) is 4.04. The first kappa shape index (κ1) is 14.3. The zero-order valence-electron chi connectivity index (χ0n) is 11.9. The summed E-state index contributed by atoms with van der Waals surface area (Å²) in [4.78, 5) is 4.42. The smallest absolute Gasteiger partial charge is 0.138 e. The maximum atomic E-state index is 5.89. The van der Waals surface area contributed by atoms with Gasteiger partial charge in [-0.15, -0.1) is 0 Å². The molecule has 1 fully saturated rings. The number of aromatic nitrogens is 1. The van der Waals surface area contributed by atoms with E-state index in [9.17, 15) is 0 Å². The summed E-state index contributed by atoms with van der Waals surface area (Å²) in [6.45, 7) is 7.83. The second kappa shape index (κ2) is 7.46. The third-order valence-corrected chi connectivity index (χ3v) is 3.13. The maximum absolute atomic E-state index is 5.89. The highest BCUT2D eigenvalue weighted by molar-refractivity contribution is 5.20. The predicted octanol–water partition coefficient (Wildman–Crippen LogP) is 2.39. The number of nitrogens with zero attached hydrogens (tertiary/aromatic N) is 1. The Morgan fingerprint density at radius 3 is 2.79 bits per heavy atom. The van der Waals surface area contributed by atoms with Gasteiger partial charge in [0, 0.05) is 19.4 Å². The number of ether oxygens (including phenoxy) is 2. The Bertz CT molecular complexity index is 359. The van der Waals surface area contributed by atoms with Gasteiger partial charge in [-0.3, -0.25) is 4.98 Å². The molecule has 1 aliphatic rings. The Labute approximate surface area is 115 Å². The lowest BCUT2D eigenvalue weighted by molar-refractivity contribution is 0.0254. The molecule has 1 aliphatic heterocycles. The van der Waals surface area contributed by atoms with Crippen LogP contribution < -0.4 is 10.1 Å². The van der Waals surface area contributed by atoms with E-state index in [2.05, 4.69) is 24.1 Å². The van der Waals surface area contributed by atoms with Gasteiger partial charge in [0.25, 0.3) is 0 Å². The van der Waals surface area contributed by atoms with Crippen LogP contribution in [0.4, 0.5) is 0 Å². The highest BCUT2D eigenvalue weighted by Crippen LogP contribution is 2.17. The molecule has 0 aliphatic carbocycles. The van der Waals surface area contributed by atoms with Crippen LogP contribution in [0.5, 0.6) is 5.75 Å². The van der Waals surface area contributed by atoms with Crippen LogP contribution in [0.2, 0.25) is 0 Å². The third kappa shape index (κ3) is 5.17. The van der Waals surface area contributed by atoms with Gasteiger partial charge in [0.1, 0.15) is 11.9 Å². The molecule has 1 aromatic heterocycles. The van der Waals surface area contributed by atoms with E-state index in [1.165, 1.54) is 0 Å². The van der Waals surface area contributed by atoms with Crippen LogP contribution in [0, 0.1) is 5.92 Å². The van der Waals surface area contributed by atoms with E-state index in [0.717, 1.165) is 50.6 Å². The summed E-state index contributed by atoms with van der Waals surface area (Å²) in [6, 6.07) is 4.04. The lowest BCUT2D eigenvalue weighted by atomic mass is 10.1. The molecule has 0 aromatic carbocycles. The second-order valence-electron chi connectivity index (χ2n) is 5.44. The average Bonchev–Trinajstić information content (AvgIpc) is 2.42. The van der Waals surface area contributed by atoms with Crippen molar-refractivity contribution >= 4 is 0 Å². The molecular weight excluding hydrogens is 240 g/mol. The molecule has 2 heterocycles. The van der Waals surface area contributed by atoms with Crippen molar-refractivity contribution in [2.24, 2.45) is 5.92 Å². The largest absolute Gasteiger partial charge is 0.489 e. The highest BCUT2D eigenvalue weighted by atomic mass is 16.5. The zero-order valence-corrected chi connectivity index (χ0v) is 11.9. The molecule has 4 heteroatoms. The number of hydrogen-bond acceptors (Lipinski definition) is 4. The fourth-order valence-electron chi connectivity index (χ4n) is 2.06. The molecule has 0 bridgehead atoms. The average molecular weight is 264 g/mol. The van der Waals surface area contributed by atoms with Crippen LogP contribution in [-0.4, -0.2) is 30.8 Å². The first-order valence-corrected chi connectivity index (χ1v) is 7.14. The van der Waals surface area contributed by atoms with Crippen LogP contribution in [0.15, 0.2) is 18.3 Å². The summed E-state index contributed by atoms with van der Waals surface area (Å²) in [5.74, 6) is 1.52. The van der Waals surface area contributed by atoms with Crippen molar-refractivity contribution < 1.29 is 9.47 Å². The SMILES string of the molecule is CC(C)CNCc1ccc(OC2CCOCC2)cn1. The molecule has 19 heavy (non-hydrogen) atoms. The van der Waals surface area contributed by atoms with Crippen molar-refractivity contribution in [3.05, 3.63) is 24.0 Å². The molecule has 4 nitrogen and oxygen atoms in total. The number of hydrogen-bond donors (Lipinski definition) is 1. The molecule has 0 atom stereocenters. The van der Waals surface area contributed by atoms with Crippen molar-refractivity contribution in [3.63, 3.8) is 0 Å². The summed E-state index contributed by atoms with van der Waals surface area (Å²) in [7, 11) is 0. The van der Waals surface area contributed by atoms with Crippen LogP contribution in [0.1, 0.15) is 32.4 Å². The first-order valence-electron chi connectivity index (χ1n) is 7.14. The van der Waals surface area contributed by atoms with Gasteiger partial charge >= 0.3 is 0 Å². The van der Waals surface area contributed by atoms with Gasteiger partial charge in [-0.2, -0.15) is 0 Å². The van der Waals surface area contributed by atoms with Gasteiger partial charge in [-0.25, -0.2) is 0 Å². The van der Waals surface area contributed by atoms with Gasteiger partial charge in [0.05, 0.1) is 25.1 Å². The lowest BCUT2D eigenvalue weighted by Gasteiger charge is -2.23. The van der Waals surface area contributed by atoms with Gasteiger partial charge in [0.2, 0.25) is 0 Å². The molecule has 0 amide bonds. The fraction of sp³-hybridized carbons (Fsp3) is 0.667. The molecule has 106 valence electrons. The minimum absolute atomic E-state index is 0.278. The molecule has 1 N–H and O–H groups in total. The van der Waals surface area contributed by atoms with Crippen LogP contribution in [0.3, 0.4) is 0 Å². The van der Waals surface area contributed by atoms with Crippen molar-refractivity contribution in [2.45, 2.75) is 39.3 Å². The Morgan fingerprint density at radius 1 is 1.37 bits per heavy atom. The maximum Gasteiger partial charge on any atom is 0.138 e. The Morgan fingerprint density at radius 2 is 2.16 bits per heavy atom. The van der Waals surface area contributed by atoms with E-state index >= 15 is 0 Å². The number of nitrogens with one attached hydrogen (secondary N) is 1. The van der Waals surface area contributed by atoms with E-state index in [1.807, 2.05) is 18.3 Å². The van der Waals surface area contributed by atoms with E-state index in [-0.39, 0.29) is 6.10 Å². The van der Waals surface area contributed by atoms with E-state index < -0.39 is 0 Å². The van der Waals surface area contributed by atoms with Crippen molar-refractivity contribution in [1.82, 2.24) is 10.3 Å². The van der Waals surface area contributed by atoms with Crippen molar-refractivity contribution in [1.29, 1.82) is 0 Å². The Balaban J connectivity index is 1.77. The minimum atomic E-state index is 0.278. The van der Waals surface area contributed by atoms with Crippen LogP contribution in [-0.2, 0) is 11.3 Å². The normalized spacial score (nSPS) is 16.8.